The summed E-state index contributed by atoms with van der Waals surface area (Å²) >= 11 is 0. The van der Waals surface area contributed by atoms with Gasteiger partial charge < -0.3 is 33.8 Å². The van der Waals surface area contributed by atoms with Crippen LogP contribution in [0.4, 0.5) is 0 Å². The summed E-state index contributed by atoms with van der Waals surface area (Å²) < 4.78 is 68.5. The Hall–Kier alpha value is -7.14. The molecule has 0 saturated carbocycles. The van der Waals surface area contributed by atoms with Crippen LogP contribution in [0, 0.1) is 0 Å². The first-order chi connectivity index (χ1) is 55.7. The Bertz CT molecular complexity index is 3120. The maximum Gasteiger partial charge on any atom is 0.472 e. The number of unbranched alkanes of at least 4 members (excludes halogenated alkanes) is 10. The number of carbonyl (C=O) groups is 4. The molecule has 17 nitrogen and oxygen atoms in total. The van der Waals surface area contributed by atoms with E-state index in [4.69, 9.17) is 37.0 Å². The van der Waals surface area contributed by atoms with Gasteiger partial charge in [0.15, 0.2) is 12.2 Å². The molecule has 3 N–H and O–H groups in total. The molecule has 5 atom stereocenters. The molecule has 0 aromatic heterocycles. The maximum absolute atomic E-state index is 13.1. The molecular weight excluding hydrogens is 1470 g/mol. The molecule has 0 aliphatic rings. The molecule has 2 unspecified atom stereocenters. The number of phosphoric acid groups is 2. The summed E-state index contributed by atoms with van der Waals surface area (Å²) in [6, 6.07) is 0. The Morgan fingerprint density at radius 3 is 0.781 bits per heavy atom. The topological polar surface area (TPSA) is 237 Å². The van der Waals surface area contributed by atoms with Crippen LogP contribution < -0.4 is 0 Å². The van der Waals surface area contributed by atoms with Gasteiger partial charge in [0.05, 0.1) is 26.4 Å². The van der Waals surface area contributed by atoms with Crippen molar-refractivity contribution in [1.29, 1.82) is 0 Å². The molecule has 0 amide bonds. The number of ether oxygens (including phenoxy) is 4. The van der Waals surface area contributed by atoms with E-state index in [9.17, 15) is 43.2 Å². The van der Waals surface area contributed by atoms with Gasteiger partial charge in [0, 0.05) is 25.7 Å². The number of aliphatic hydroxyl groups is 1. The van der Waals surface area contributed by atoms with Gasteiger partial charge in [0.1, 0.15) is 19.3 Å². The van der Waals surface area contributed by atoms with E-state index in [1.54, 1.807) is 0 Å². The predicted molar refractivity (Wildman–Crippen MR) is 472 cm³/mol. The second-order valence-corrected chi connectivity index (χ2v) is 29.8. The van der Waals surface area contributed by atoms with Crippen LogP contribution in [0.25, 0.3) is 0 Å². The third-order valence-corrected chi connectivity index (χ3v) is 18.2. The molecule has 19 heteroatoms. The first-order valence-electron chi connectivity index (χ1n) is 42.3. The maximum atomic E-state index is 13.1. The molecule has 0 spiro atoms. The SMILES string of the molecule is CC/C=C\C/C=C\C/C=C\C/C=C\C/C=C\C/C=C\CCC(=O)O[C@H](COC(=O)CCC/C=C\C/C=C\C/C=C\C/C=C\CCCCC)COP(=O)(O)OC[C@H](O)COP(=O)(O)OC[C@@H](COC(=O)CC/C=C\C/C=C\C/C=C\C/C=C\C/C=C\CCCCC)OC(=O)CCCCC/C=C\C/C=C\C/C=C\C/C=C\C/C=C\CC. The predicted octanol–water partition coefficient (Wildman–Crippen LogP) is 25.6. The second-order valence-electron chi connectivity index (χ2n) is 26.9. The summed E-state index contributed by atoms with van der Waals surface area (Å²) in [5.41, 5.74) is 0. The van der Waals surface area contributed by atoms with E-state index in [2.05, 4.69) is 222 Å². The number of rotatable bonds is 76. The molecule has 0 saturated heterocycles. The van der Waals surface area contributed by atoms with Crippen LogP contribution in [0.1, 0.15) is 272 Å². The number of esters is 4. The number of allylic oxidation sites excluding steroid dienone is 40. The van der Waals surface area contributed by atoms with Crippen LogP contribution in [0.3, 0.4) is 0 Å². The van der Waals surface area contributed by atoms with Crippen molar-refractivity contribution in [2.75, 3.05) is 39.6 Å². The highest BCUT2D eigenvalue weighted by atomic mass is 31.2. The van der Waals surface area contributed by atoms with E-state index >= 15 is 0 Å². The Morgan fingerprint density at radius 1 is 0.254 bits per heavy atom. The highest BCUT2D eigenvalue weighted by molar-refractivity contribution is 7.47. The Balaban J connectivity index is 5.65. The van der Waals surface area contributed by atoms with Gasteiger partial charge >= 0.3 is 39.5 Å². The van der Waals surface area contributed by atoms with Crippen molar-refractivity contribution in [3.05, 3.63) is 243 Å². The lowest BCUT2D eigenvalue weighted by atomic mass is 10.1. The summed E-state index contributed by atoms with van der Waals surface area (Å²) in [6.07, 6.45) is 110. The molecule has 0 aromatic carbocycles. The Labute approximate surface area is 688 Å². The highest BCUT2D eigenvalue weighted by Gasteiger charge is 2.30. The van der Waals surface area contributed by atoms with Crippen LogP contribution in [-0.2, 0) is 65.4 Å². The zero-order chi connectivity index (χ0) is 83.1. The smallest absolute Gasteiger partial charge is 0.462 e. The zero-order valence-corrected chi connectivity index (χ0v) is 71.7. The van der Waals surface area contributed by atoms with Crippen molar-refractivity contribution in [2.45, 2.75) is 290 Å². The van der Waals surface area contributed by atoms with Crippen molar-refractivity contribution >= 4 is 39.5 Å². The molecule has 114 heavy (non-hydrogen) atoms. The molecular formula is C95H146O17P2. The monoisotopic (exact) mass is 1620 g/mol. The van der Waals surface area contributed by atoms with Crippen molar-refractivity contribution in [2.24, 2.45) is 0 Å². The number of aliphatic hydroxyl groups excluding tert-OH is 1. The average molecular weight is 1620 g/mol. The lowest BCUT2D eigenvalue weighted by molar-refractivity contribution is -0.161. The normalized spacial score (nSPS) is 15.0. The molecule has 0 aliphatic carbocycles. The summed E-state index contributed by atoms with van der Waals surface area (Å²) in [4.78, 5) is 73.2. The van der Waals surface area contributed by atoms with Gasteiger partial charge in [0.25, 0.3) is 0 Å². The van der Waals surface area contributed by atoms with Crippen LogP contribution in [0.5, 0.6) is 0 Å². The molecule has 0 rings (SSSR count). The van der Waals surface area contributed by atoms with E-state index in [0.717, 1.165) is 135 Å². The summed E-state index contributed by atoms with van der Waals surface area (Å²) in [5.74, 6) is -2.51. The standard InChI is InChI=1S/C95H146O17P2/c1-5-9-13-17-21-25-29-33-37-41-44-48-52-56-60-64-68-72-76-80-93(98)106-86-91(112-95(100)82-78-74-70-66-62-58-54-50-46-43-39-35-31-27-23-19-15-11-7-3)88-110-114(103,104)108-84-89(96)83-107-113(101,102)109-87-90(85-105-92(97)79-75-71-67-63-59-55-51-47-40-36-32-28-24-20-16-12-8-4)111-94(99)81-77-73-69-65-61-57-53-49-45-42-38-34-30-26-22-18-14-10-6-2/h10-11,14-15,21-28,33-40,44-46,48-51,55-58,60-63,67-69,72-73,89-91,96H,5-9,12-13,16-20,29-32,41-43,47,52-54,59,64-66,70-71,74-88H2,1-4H3,(H,101,102)(H,103,104)/b14-10-,15-11-,25-21-,26-22-,27-23-,28-24-,37-33-,38-34-,39-35-,40-36-,48-44-,49-45-,50-46-,55-51-,60-56-,61-57-,62-58-,67-63-,72-68-,73-69-/t89-,90+,91+/m0/s1. The first kappa shape index (κ1) is 107. The van der Waals surface area contributed by atoms with Crippen LogP contribution in [0.2, 0.25) is 0 Å². The third-order valence-electron chi connectivity index (χ3n) is 16.3. The Morgan fingerprint density at radius 2 is 0.482 bits per heavy atom. The fourth-order valence-electron chi connectivity index (χ4n) is 9.95. The van der Waals surface area contributed by atoms with Crippen LogP contribution in [0.15, 0.2) is 243 Å². The average Bonchev–Trinajstić information content (AvgIpc) is 0.904. The van der Waals surface area contributed by atoms with E-state index < -0.39 is 97.5 Å². The van der Waals surface area contributed by atoms with Gasteiger partial charge in [0.2, 0.25) is 0 Å². The molecule has 0 bridgehead atoms. The molecule has 0 aromatic rings. The van der Waals surface area contributed by atoms with Gasteiger partial charge in [-0.05, 0) is 186 Å². The van der Waals surface area contributed by atoms with Crippen molar-refractivity contribution in [3.8, 4) is 0 Å². The lowest BCUT2D eigenvalue weighted by Crippen LogP contribution is -2.30. The molecule has 638 valence electrons. The largest absolute Gasteiger partial charge is 0.472 e. The summed E-state index contributed by atoms with van der Waals surface area (Å²) in [5, 5.41) is 10.7. The van der Waals surface area contributed by atoms with Crippen molar-refractivity contribution in [1.82, 2.24) is 0 Å². The first-order valence-corrected chi connectivity index (χ1v) is 45.3. The van der Waals surface area contributed by atoms with Gasteiger partial charge in [-0.25, -0.2) is 9.13 Å². The van der Waals surface area contributed by atoms with E-state index in [0.29, 0.717) is 44.9 Å². The fourth-order valence-corrected chi connectivity index (χ4v) is 11.5. The highest BCUT2D eigenvalue weighted by Crippen LogP contribution is 2.45. The van der Waals surface area contributed by atoms with Gasteiger partial charge in [-0.1, -0.05) is 303 Å². The summed E-state index contributed by atoms with van der Waals surface area (Å²) in [6.45, 7) is 4.28. The number of carbonyl (C=O) groups excluding carboxylic acids is 4. The summed E-state index contributed by atoms with van der Waals surface area (Å²) in [7, 11) is -10.1. The minimum Gasteiger partial charge on any atom is -0.462 e. The lowest BCUT2D eigenvalue weighted by Gasteiger charge is -2.21. The fraction of sp³-hybridized carbons (Fsp3) is 0.537. The van der Waals surface area contributed by atoms with Crippen LogP contribution >= 0.6 is 15.6 Å². The minimum atomic E-state index is -5.04. The van der Waals surface area contributed by atoms with E-state index in [1.165, 1.54) is 38.5 Å². The second kappa shape index (κ2) is 83.8. The van der Waals surface area contributed by atoms with Crippen molar-refractivity contribution < 1.29 is 80.2 Å². The number of hydrogen-bond acceptors (Lipinski definition) is 15. The quantitative estimate of drug-likeness (QED) is 0.0169. The van der Waals surface area contributed by atoms with Crippen LogP contribution in [-0.4, -0.2) is 96.7 Å². The van der Waals surface area contributed by atoms with E-state index in [-0.39, 0.29) is 25.7 Å². The number of phosphoric ester groups is 2. The zero-order valence-electron chi connectivity index (χ0n) is 69.9. The Kier molecular flexibility index (Phi) is 78.5. The minimum absolute atomic E-state index is 0.0162. The molecule has 0 fully saturated rings. The van der Waals surface area contributed by atoms with Gasteiger partial charge in [-0.3, -0.25) is 37.3 Å². The van der Waals surface area contributed by atoms with Gasteiger partial charge in [-0.15, -0.1) is 0 Å². The number of hydrogen-bond donors (Lipinski definition) is 3. The molecule has 0 heterocycles. The van der Waals surface area contributed by atoms with Crippen molar-refractivity contribution in [3.63, 3.8) is 0 Å². The van der Waals surface area contributed by atoms with Gasteiger partial charge in [-0.2, -0.15) is 0 Å². The third kappa shape index (κ3) is 82.8. The molecule has 0 radical (unpaired) electrons. The van der Waals surface area contributed by atoms with E-state index in [1.807, 2.05) is 48.6 Å². The molecule has 0 aliphatic heterocycles.